The van der Waals surface area contributed by atoms with Crippen LogP contribution < -0.4 is 4.90 Å². The summed E-state index contributed by atoms with van der Waals surface area (Å²) in [5.41, 5.74) is 20.4. The molecule has 0 spiro atoms. The lowest BCUT2D eigenvalue weighted by Crippen LogP contribution is -2.26. The number of nitrogens with zero attached hydrogens (tertiary/aromatic N) is 1. The molecule has 4 heteroatoms. The van der Waals surface area contributed by atoms with E-state index in [2.05, 4.69) is 208 Å². The summed E-state index contributed by atoms with van der Waals surface area (Å²) in [6.45, 7) is 15.1. The van der Waals surface area contributed by atoms with Crippen LogP contribution in [0.15, 0.2) is 127 Å². The SMILES string of the molecule is C[Si]1(C)Cc2ccc(C=Cc3ccc(N(c4ccc(C=Cc5ccc6c(c5)C[Si](C)(C)C6)cc4)c4ccc(C=Cc5cccc6c5C[Si](C)(C)C6)cc4)cc3)cc2C1. The molecule has 0 amide bonds. The van der Waals surface area contributed by atoms with Crippen molar-refractivity contribution in [2.24, 2.45) is 0 Å². The van der Waals surface area contributed by atoms with Gasteiger partial charge < -0.3 is 4.90 Å². The fourth-order valence-electron chi connectivity index (χ4n) is 9.83. The van der Waals surface area contributed by atoms with Gasteiger partial charge in [-0.15, -0.1) is 0 Å². The van der Waals surface area contributed by atoms with Crippen molar-refractivity contribution in [3.8, 4) is 0 Å². The standard InChI is InChI=1S/C54H57NSi3/c1-56(2)34-46-24-15-43(32-49(46)37-56)12-10-40-17-26-51(27-18-40)55(52-28-19-41(20-29-52)11-13-44-16-25-47-35-57(3,4)38-50(47)33-44)53-30-21-42(22-31-53)14-23-45-8-7-9-48-36-58(5,6)39-54(45)48/h7-33H,34-39H2,1-6H3. The van der Waals surface area contributed by atoms with Gasteiger partial charge in [0.2, 0.25) is 0 Å². The Balaban J connectivity index is 0.971. The van der Waals surface area contributed by atoms with Gasteiger partial charge in [0.15, 0.2) is 0 Å². The maximum absolute atomic E-state index is 2.52. The van der Waals surface area contributed by atoms with E-state index >= 15 is 0 Å². The van der Waals surface area contributed by atoms with Gasteiger partial charge in [-0.2, -0.15) is 0 Å². The van der Waals surface area contributed by atoms with Gasteiger partial charge in [0, 0.05) is 17.1 Å². The molecule has 0 unspecified atom stereocenters. The smallest absolute Gasteiger partial charge is 0.0561 e. The zero-order valence-corrected chi connectivity index (χ0v) is 38.3. The van der Waals surface area contributed by atoms with Crippen LogP contribution in [-0.4, -0.2) is 24.2 Å². The van der Waals surface area contributed by atoms with Crippen LogP contribution in [-0.2, 0) is 36.3 Å². The van der Waals surface area contributed by atoms with Crippen molar-refractivity contribution in [1.29, 1.82) is 0 Å². The average Bonchev–Trinajstić information content (AvgIpc) is 3.82. The molecule has 0 atom stereocenters. The molecule has 58 heavy (non-hydrogen) atoms. The number of fused-ring (bicyclic) bond motifs is 3. The first kappa shape index (κ1) is 38.5. The number of rotatable bonds is 9. The summed E-state index contributed by atoms with van der Waals surface area (Å²) in [5.74, 6) is 0. The molecule has 6 aromatic carbocycles. The molecular formula is C54H57NSi3. The summed E-state index contributed by atoms with van der Waals surface area (Å²) >= 11 is 0. The minimum absolute atomic E-state index is 1.12. The van der Waals surface area contributed by atoms with Crippen molar-refractivity contribution in [3.05, 3.63) is 194 Å². The summed E-state index contributed by atoms with van der Waals surface area (Å²) in [6, 6.07) is 55.9. The van der Waals surface area contributed by atoms with Crippen LogP contribution in [0.4, 0.5) is 17.1 Å². The fourth-order valence-corrected chi connectivity index (χ4v) is 18.4. The van der Waals surface area contributed by atoms with E-state index in [1.807, 2.05) is 0 Å². The third-order valence-electron chi connectivity index (χ3n) is 12.6. The van der Waals surface area contributed by atoms with Gasteiger partial charge >= 0.3 is 0 Å². The molecule has 9 rings (SSSR count). The third kappa shape index (κ3) is 8.56. The zero-order chi connectivity index (χ0) is 40.1. The quantitative estimate of drug-likeness (QED) is 0.104. The Kier molecular flexibility index (Phi) is 10.2. The van der Waals surface area contributed by atoms with Crippen LogP contribution in [0.25, 0.3) is 36.5 Å². The largest absolute Gasteiger partial charge is 0.311 e. The predicted molar refractivity (Wildman–Crippen MR) is 262 cm³/mol. The first-order valence-electron chi connectivity index (χ1n) is 21.3. The van der Waals surface area contributed by atoms with Gasteiger partial charge in [-0.25, -0.2) is 0 Å². The zero-order valence-electron chi connectivity index (χ0n) is 35.3. The van der Waals surface area contributed by atoms with Crippen LogP contribution in [0.3, 0.4) is 0 Å². The van der Waals surface area contributed by atoms with Crippen molar-refractivity contribution >= 4 is 77.7 Å². The predicted octanol–water partition coefficient (Wildman–Crippen LogP) is 14.3. The highest BCUT2D eigenvalue weighted by Crippen LogP contribution is 2.37. The van der Waals surface area contributed by atoms with Gasteiger partial charge in [-0.3, -0.25) is 0 Å². The topological polar surface area (TPSA) is 3.24 Å². The Labute approximate surface area is 350 Å². The first-order valence-corrected chi connectivity index (χ1v) is 31.6. The van der Waals surface area contributed by atoms with Crippen molar-refractivity contribution in [3.63, 3.8) is 0 Å². The number of benzene rings is 6. The molecule has 3 heterocycles. The van der Waals surface area contributed by atoms with Gasteiger partial charge in [0.25, 0.3) is 0 Å². The molecule has 0 fully saturated rings. The highest BCUT2D eigenvalue weighted by molar-refractivity contribution is 6.78. The van der Waals surface area contributed by atoms with Gasteiger partial charge in [-0.1, -0.05) is 167 Å². The van der Waals surface area contributed by atoms with Gasteiger partial charge in [0.05, 0.1) is 24.2 Å². The molecule has 0 saturated carbocycles. The lowest BCUT2D eigenvalue weighted by atomic mass is 10.0. The van der Waals surface area contributed by atoms with E-state index in [1.165, 1.54) is 69.6 Å². The Bertz CT molecular complexity index is 2450. The highest BCUT2D eigenvalue weighted by Gasteiger charge is 2.32. The summed E-state index contributed by atoms with van der Waals surface area (Å²) in [7, 11) is -3.42. The molecule has 0 bridgehead atoms. The van der Waals surface area contributed by atoms with Crippen LogP contribution in [0.1, 0.15) is 66.8 Å². The van der Waals surface area contributed by atoms with Crippen molar-refractivity contribution < 1.29 is 0 Å². The van der Waals surface area contributed by atoms with Crippen molar-refractivity contribution in [1.82, 2.24) is 0 Å². The molecular weight excluding hydrogens is 747 g/mol. The molecule has 1 nitrogen and oxygen atoms in total. The molecule has 0 N–H and O–H groups in total. The summed E-state index contributed by atoms with van der Waals surface area (Å²) < 4.78 is 0. The molecule has 3 aliphatic heterocycles. The molecule has 3 aliphatic rings. The fraction of sp³-hybridized carbons (Fsp3) is 0.222. The highest BCUT2D eigenvalue weighted by atomic mass is 28.3. The Morgan fingerprint density at radius 3 is 1.17 bits per heavy atom. The Hall–Kier alpha value is -5.01. The van der Waals surface area contributed by atoms with E-state index in [0.717, 1.165) is 17.1 Å². The van der Waals surface area contributed by atoms with E-state index in [-0.39, 0.29) is 0 Å². The minimum Gasteiger partial charge on any atom is -0.311 e. The lowest BCUT2D eigenvalue weighted by Gasteiger charge is -2.26. The maximum atomic E-state index is 2.52. The second-order valence-corrected chi connectivity index (χ2v) is 34.8. The van der Waals surface area contributed by atoms with Crippen molar-refractivity contribution in [2.45, 2.75) is 75.5 Å². The van der Waals surface area contributed by atoms with Crippen LogP contribution >= 0.6 is 0 Å². The second kappa shape index (κ2) is 15.3. The summed E-state index contributed by atoms with van der Waals surface area (Å²) in [5, 5.41) is 0. The van der Waals surface area contributed by atoms with Crippen molar-refractivity contribution in [2.75, 3.05) is 4.90 Å². The monoisotopic (exact) mass is 803 g/mol. The Morgan fingerprint density at radius 1 is 0.345 bits per heavy atom. The summed E-state index contributed by atoms with van der Waals surface area (Å²) in [6.07, 6.45) is 13.7. The van der Waals surface area contributed by atoms with Crippen LogP contribution in [0.2, 0.25) is 39.3 Å². The lowest BCUT2D eigenvalue weighted by molar-refractivity contribution is 1.28. The first-order chi connectivity index (χ1) is 27.8. The molecule has 0 aromatic heterocycles. The molecule has 0 radical (unpaired) electrons. The minimum atomic E-state index is -1.18. The number of hydrogen-bond donors (Lipinski definition) is 0. The van der Waals surface area contributed by atoms with E-state index in [0.29, 0.717) is 0 Å². The number of hydrogen-bond acceptors (Lipinski definition) is 1. The second-order valence-electron chi connectivity index (χ2n) is 19.7. The average molecular weight is 804 g/mol. The van der Waals surface area contributed by atoms with Gasteiger partial charge in [-0.05, 0) is 139 Å². The third-order valence-corrected chi connectivity index (χ3v) is 20.6. The molecule has 0 saturated heterocycles. The van der Waals surface area contributed by atoms with Gasteiger partial charge in [0.1, 0.15) is 0 Å². The van der Waals surface area contributed by atoms with E-state index in [9.17, 15) is 0 Å². The maximum Gasteiger partial charge on any atom is 0.0561 e. The molecule has 6 aromatic rings. The number of anilines is 3. The molecule has 290 valence electrons. The van der Waals surface area contributed by atoms with E-state index in [1.54, 1.807) is 33.4 Å². The molecule has 0 aliphatic carbocycles. The Morgan fingerprint density at radius 2 is 0.707 bits per heavy atom. The van der Waals surface area contributed by atoms with Crippen LogP contribution in [0.5, 0.6) is 0 Å². The van der Waals surface area contributed by atoms with E-state index < -0.39 is 24.2 Å². The summed E-state index contributed by atoms with van der Waals surface area (Å²) in [4.78, 5) is 2.38. The van der Waals surface area contributed by atoms with Crippen LogP contribution in [0, 0.1) is 0 Å². The van der Waals surface area contributed by atoms with E-state index in [4.69, 9.17) is 0 Å². The normalized spacial score (nSPS) is 17.3.